The predicted molar refractivity (Wildman–Crippen MR) is 295 cm³/mol. The minimum Gasteiger partial charge on any atom is -0.305 e. The van der Waals surface area contributed by atoms with Crippen LogP contribution in [0.15, 0.2) is 195 Å². The molecule has 0 N–H and O–H groups in total. The number of benzene rings is 7. The first-order chi connectivity index (χ1) is 36.8. The summed E-state index contributed by atoms with van der Waals surface area (Å²) in [5.74, 6) is -0.820. The monoisotopic (exact) mass is 1130 g/mol. The van der Waals surface area contributed by atoms with Crippen LogP contribution < -0.4 is 0 Å². The second kappa shape index (κ2) is 23.4. The fraction of sp³-hybridized carbons (Fsp3) is 0.132. The maximum Gasteiger partial charge on any atom is 3.00 e. The van der Waals surface area contributed by atoms with Crippen molar-refractivity contribution in [3.8, 4) is 90.4 Å². The summed E-state index contributed by atoms with van der Waals surface area (Å²) >= 11 is 0. The maximum atomic E-state index is 11.0. The summed E-state index contributed by atoms with van der Waals surface area (Å²) in [7, 11) is 0. The Bertz CT molecular complexity index is 3680. The largest absolute Gasteiger partial charge is 3.00 e. The van der Waals surface area contributed by atoms with Gasteiger partial charge >= 0.3 is 20.1 Å². The molecule has 0 saturated heterocycles. The van der Waals surface area contributed by atoms with Gasteiger partial charge in [-0.2, -0.15) is 10.5 Å². The standard InChI is InChI=1S/C68H52N5.Ir/c1-4-51-40-54(27-28-57(51)43-69)55-29-32-62(60(41-55)44-70)65-42-56(68-34-31-58(45-73-68)46(2)3)30-33-64(65)63-12-6-5-11-61(63)59-38-49(17-15-47-19-23-52(24-20-47)66-13-7-9-35-71-66)37-50(39-59)18-16-48-21-25-53(26-22-48)67-14-8-10-36-72-67;/h5-14,19-23,25,27-29,31-42,45-46H,4,15-18H2,1-3H3;/q-3;+3/i4D2,46D;. The van der Waals surface area contributed by atoms with E-state index in [-0.39, 0.29) is 25.7 Å². The third-order valence-electron chi connectivity index (χ3n) is 13.4. The third kappa shape index (κ3) is 11.4. The number of rotatable bonds is 15. The van der Waals surface area contributed by atoms with Crippen molar-refractivity contribution in [1.29, 1.82) is 10.5 Å². The summed E-state index contributed by atoms with van der Waals surface area (Å²) in [6, 6.07) is 73.7. The van der Waals surface area contributed by atoms with Crippen LogP contribution in [0.3, 0.4) is 0 Å². The number of hydrogen-bond acceptors (Lipinski definition) is 5. The first kappa shape index (κ1) is 46.7. The van der Waals surface area contributed by atoms with E-state index in [2.05, 4.69) is 119 Å². The zero-order chi connectivity index (χ0) is 52.8. The van der Waals surface area contributed by atoms with Gasteiger partial charge in [-0.05, 0) is 123 Å². The molecule has 74 heavy (non-hydrogen) atoms. The van der Waals surface area contributed by atoms with Crippen molar-refractivity contribution in [1.82, 2.24) is 15.0 Å². The zero-order valence-electron chi connectivity index (χ0n) is 44.4. The van der Waals surface area contributed by atoms with E-state index >= 15 is 0 Å². The van der Waals surface area contributed by atoms with Gasteiger partial charge < -0.3 is 15.0 Å². The molecule has 10 aromatic rings. The third-order valence-corrected chi connectivity index (χ3v) is 13.4. The van der Waals surface area contributed by atoms with Crippen LogP contribution in [-0.2, 0) is 52.2 Å². The molecule has 6 heteroatoms. The minimum absolute atomic E-state index is 0. The van der Waals surface area contributed by atoms with Gasteiger partial charge in [0.2, 0.25) is 0 Å². The molecule has 0 unspecified atom stereocenters. The van der Waals surface area contributed by atoms with Gasteiger partial charge in [0.15, 0.2) is 0 Å². The molecule has 0 aliphatic carbocycles. The molecule has 3 heterocycles. The predicted octanol–water partition coefficient (Wildman–Crippen LogP) is 15.9. The summed E-state index contributed by atoms with van der Waals surface area (Å²) in [5.41, 5.74) is 18.6. The topological polar surface area (TPSA) is 86.2 Å². The van der Waals surface area contributed by atoms with Crippen molar-refractivity contribution in [3.05, 3.63) is 257 Å². The molecule has 0 radical (unpaired) electrons. The Morgan fingerprint density at radius 2 is 1.07 bits per heavy atom. The van der Waals surface area contributed by atoms with E-state index < -0.39 is 12.3 Å². The molecule has 358 valence electrons. The summed E-state index contributed by atoms with van der Waals surface area (Å²) in [6.07, 6.45) is 6.86. The molecule has 7 aromatic carbocycles. The van der Waals surface area contributed by atoms with Crippen molar-refractivity contribution >= 4 is 0 Å². The molecule has 0 aliphatic rings. The van der Waals surface area contributed by atoms with Crippen molar-refractivity contribution in [2.75, 3.05) is 0 Å². The van der Waals surface area contributed by atoms with E-state index in [1.54, 1.807) is 36.8 Å². The summed E-state index contributed by atoms with van der Waals surface area (Å²) in [6.45, 7) is 5.12. The SMILES string of the molecule is [2H]C([2H])(C)c1cc(-c2ccc(-c3cc(-c4ccc(C([2H])(C)C)cn4)[c-]cc3-c3ccccc3-c3cc(CCc4c[c-]c(-c5ccccn5)cc4)cc(CCc4c[c-]c(-c5ccccn5)cc4)c3)c(C#N)c2)ccc1C#N.[Ir+3]. The van der Waals surface area contributed by atoms with E-state index in [1.165, 1.54) is 29.2 Å². The fourth-order valence-electron chi connectivity index (χ4n) is 9.36. The Hall–Kier alpha value is -8.38. The van der Waals surface area contributed by atoms with Gasteiger partial charge in [0.25, 0.3) is 0 Å². The Morgan fingerprint density at radius 1 is 0.486 bits per heavy atom. The van der Waals surface area contributed by atoms with Crippen molar-refractivity contribution in [2.45, 2.75) is 58.7 Å². The smallest absolute Gasteiger partial charge is 0.305 e. The van der Waals surface area contributed by atoms with Gasteiger partial charge in [0.05, 0.1) is 23.3 Å². The molecular weight excluding hydrogens is 1080 g/mol. The summed E-state index contributed by atoms with van der Waals surface area (Å²) in [5, 5.41) is 20.8. The number of aromatic nitrogens is 3. The van der Waals surface area contributed by atoms with Crippen LogP contribution in [-0.4, -0.2) is 15.0 Å². The van der Waals surface area contributed by atoms with E-state index in [0.29, 0.717) is 27.9 Å². The molecule has 10 rings (SSSR count). The van der Waals surface area contributed by atoms with Crippen molar-refractivity contribution < 1.29 is 24.2 Å². The Labute approximate surface area is 453 Å². The van der Waals surface area contributed by atoms with E-state index in [1.807, 2.05) is 92.7 Å². The molecule has 0 fully saturated rings. The van der Waals surface area contributed by atoms with Crippen LogP contribution in [0.2, 0.25) is 0 Å². The zero-order valence-corrected chi connectivity index (χ0v) is 43.8. The van der Waals surface area contributed by atoms with Gasteiger partial charge in [0, 0.05) is 22.7 Å². The van der Waals surface area contributed by atoms with Crippen LogP contribution in [0.4, 0.5) is 0 Å². The minimum atomic E-state index is -1.75. The second-order valence-corrected chi connectivity index (χ2v) is 18.3. The number of pyridine rings is 3. The number of aryl methyl sites for hydroxylation is 5. The fourth-order valence-corrected chi connectivity index (χ4v) is 9.36. The average Bonchev–Trinajstić information content (AvgIpc) is 3.46. The quantitative estimate of drug-likeness (QED) is 0.0955. The Balaban J connectivity index is 0.00000722. The van der Waals surface area contributed by atoms with Gasteiger partial charge in [-0.25, -0.2) is 0 Å². The molecule has 5 nitrogen and oxygen atoms in total. The molecular formula is C68H52IrN5. The van der Waals surface area contributed by atoms with Gasteiger partial charge in [0.1, 0.15) is 0 Å². The summed E-state index contributed by atoms with van der Waals surface area (Å²) in [4.78, 5) is 13.8. The van der Waals surface area contributed by atoms with Crippen LogP contribution in [0.25, 0.3) is 78.3 Å². The number of nitriles is 2. The number of hydrogen-bond donors (Lipinski definition) is 0. The molecule has 0 amide bonds. The normalized spacial score (nSPS) is 11.8. The van der Waals surface area contributed by atoms with Crippen LogP contribution in [0.1, 0.15) is 75.3 Å². The van der Waals surface area contributed by atoms with Gasteiger partial charge in [-0.1, -0.05) is 147 Å². The Morgan fingerprint density at radius 3 is 1.62 bits per heavy atom. The van der Waals surface area contributed by atoms with Crippen LogP contribution in [0, 0.1) is 40.9 Å². The van der Waals surface area contributed by atoms with Crippen LogP contribution in [0.5, 0.6) is 0 Å². The Kier molecular flexibility index (Phi) is 14.8. The van der Waals surface area contributed by atoms with E-state index in [9.17, 15) is 10.5 Å². The van der Waals surface area contributed by atoms with Gasteiger partial charge in [-0.15, -0.1) is 94.5 Å². The molecule has 0 aliphatic heterocycles. The molecule has 0 bridgehead atoms. The van der Waals surface area contributed by atoms with Crippen molar-refractivity contribution in [2.24, 2.45) is 0 Å². The first-order valence-electron chi connectivity index (χ1n) is 26.0. The first-order valence-corrected chi connectivity index (χ1v) is 24.5. The van der Waals surface area contributed by atoms with E-state index in [0.717, 1.165) is 92.7 Å². The van der Waals surface area contributed by atoms with Crippen molar-refractivity contribution in [3.63, 3.8) is 0 Å². The molecule has 0 saturated carbocycles. The molecule has 3 aromatic heterocycles. The van der Waals surface area contributed by atoms with E-state index in [4.69, 9.17) is 9.10 Å². The molecule has 0 spiro atoms. The average molecular weight is 1130 g/mol. The number of nitrogens with zero attached hydrogens (tertiary/aromatic N) is 5. The van der Waals surface area contributed by atoms with Gasteiger partial charge in [-0.3, -0.25) is 0 Å². The maximum absolute atomic E-state index is 11.0. The van der Waals surface area contributed by atoms with Crippen LogP contribution >= 0.6 is 0 Å². The molecule has 0 atom stereocenters. The second-order valence-electron chi connectivity index (χ2n) is 18.3. The summed E-state index contributed by atoms with van der Waals surface area (Å²) < 4.78 is 25.5.